The van der Waals surface area contributed by atoms with Crippen molar-refractivity contribution >= 4 is 39.5 Å². The van der Waals surface area contributed by atoms with Gasteiger partial charge in [0.25, 0.3) is 0 Å². The van der Waals surface area contributed by atoms with E-state index in [1.165, 1.54) is 11.8 Å². The lowest BCUT2D eigenvalue weighted by Crippen LogP contribution is -2.51. The highest BCUT2D eigenvalue weighted by Gasteiger charge is 2.35. The van der Waals surface area contributed by atoms with Gasteiger partial charge in [0.15, 0.2) is 5.76 Å². The molecule has 0 bridgehead atoms. The number of anilines is 1. The Kier molecular flexibility index (Phi) is 13.5. The Bertz CT molecular complexity index is 1850. The van der Waals surface area contributed by atoms with Gasteiger partial charge in [0.1, 0.15) is 18.3 Å². The molecule has 1 heterocycles. The molecule has 1 aliphatic rings. The van der Waals surface area contributed by atoms with Gasteiger partial charge in [0, 0.05) is 49.4 Å². The predicted molar refractivity (Wildman–Crippen MR) is 205 cm³/mol. The fourth-order valence-electron chi connectivity index (χ4n) is 6.24. The highest BCUT2D eigenvalue weighted by atomic mass is 32.2. The molecule has 10 nitrogen and oxygen atoms in total. The van der Waals surface area contributed by atoms with Gasteiger partial charge in [-0.2, -0.15) is 0 Å². The molecule has 0 radical (unpaired) electrons. The van der Waals surface area contributed by atoms with E-state index in [0.717, 1.165) is 45.8 Å². The number of carbonyl (C=O) groups excluding carboxylic acids is 2. The zero-order valence-electron chi connectivity index (χ0n) is 30.6. The van der Waals surface area contributed by atoms with E-state index in [0.29, 0.717) is 12.1 Å². The number of rotatable bonds is 17. The molecule has 1 aliphatic heterocycles. The van der Waals surface area contributed by atoms with Gasteiger partial charge < -0.3 is 24.2 Å². The lowest BCUT2D eigenvalue weighted by Gasteiger charge is -2.35. The first-order chi connectivity index (χ1) is 25.1. The van der Waals surface area contributed by atoms with Crippen LogP contribution in [0, 0.1) is 0 Å². The van der Waals surface area contributed by atoms with E-state index < -0.39 is 35.5 Å². The van der Waals surface area contributed by atoms with E-state index in [4.69, 9.17) is 9.47 Å². The Labute approximate surface area is 309 Å². The van der Waals surface area contributed by atoms with Crippen molar-refractivity contribution in [2.75, 3.05) is 24.4 Å². The molecule has 0 saturated heterocycles. The van der Waals surface area contributed by atoms with E-state index in [1.54, 1.807) is 24.1 Å². The minimum absolute atomic E-state index is 0.0990. The molecule has 2 amide bonds. The molecule has 0 saturated carbocycles. The smallest absolute Gasteiger partial charge is 0.245 e. The molecular formula is C41H49N4O6S-. The van der Waals surface area contributed by atoms with E-state index in [1.807, 2.05) is 86.6 Å². The minimum atomic E-state index is -2.82. The molecule has 0 aromatic heterocycles. The number of carbonyl (C=O) groups is 2. The standard InChI is InChI=1S/C41H50N4O6S/c1-6-44(7-2)27-32-19-17-31(18-20-32)23-36(41(47)43(5)29(3)4)42-39(46)26-37(38-28-50-40(51-38)24-30-13-9-8-10-14-30)45(52(48)49)35-22-21-33-15-11-12-16-34(33)25-35/h8-22,25,28-29,36-37,40H,6-7,23-24,26-27H2,1-5H3,(H,42,46)(H,48,49)/p-1. The number of fused-ring (bicyclic) bond motifs is 1. The van der Waals surface area contributed by atoms with Crippen LogP contribution in [-0.4, -0.2) is 74.9 Å². The maximum absolute atomic E-state index is 14.1. The van der Waals surface area contributed by atoms with Crippen molar-refractivity contribution in [2.45, 2.75) is 77.9 Å². The van der Waals surface area contributed by atoms with Crippen LogP contribution < -0.4 is 9.62 Å². The molecule has 4 aromatic carbocycles. The third-order valence-electron chi connectivity index (χ3n) is 9.51. The Morgan fingerprint density at radius 2 is 1.52 bits per heavy atom. The van der Waals surface area contributed by atoms with Gasteiger partial charge in [0.05, 0.1) is 6.42 Å². The summed E-state index contributed by atoms with van der Waals surface area (Å²) in [5, 5.41) is 4.73. The summed E-state index contributed by atoms with van der Waals surface area (Å²) in [5.74, 6) is -0.557. The first kappa shape index (κ1) is 38.5. The molecule has 4 atom stereocenters. The largest absolute Gasteiger partial charge is 0.755 e. The van der Waals surface area contributed by atoms with Gasteiger partial charge in [-0.3, -0.25) is 23.0 Å². The molecule has 52 heavy (non-hydrogen) atoms. The van der Waals surface area contributed by atoms with Crippen LogP contribution in [0.5, 0.6) is 0 Å². The molecule has 276 valence electrons. The van der Waals surface area contributed by atoms with E-state index in [9.17, 15) is 18.4 Å². The van der Waals surface area contributed by atoms with Crippen LogP contribution in [0.25, 0.3) is 10.8 Å². The van der Waals surface area contributed by atoms with Crippen molar-refractivity contribution in [2.24, 2.45) is 0 Å². The van der Waals surface area contributed by atoms with Crippen molar-refractivity contribution in [3.63, 3.8) is 0 Å². The summed E-state index contributed by atoms with van der Waals surface area (Å²) in [6, 6.07) is 28.6. The lowest BCUT2D eigenvalue weighted by atomic mass is 10.0. The Morgan fingerprint density at radius 3 is 2.17 bits per heavy atom. The Balaban J connectivity index is 1.41. The second-order valence-electron chi connectivity index (χ2n) is 13.3. The second-order valence-corrected chi connectivity index (χ2v) is 14.2. The van der Waals surface area contributed by atoms with Gasteiger partial charge in [0.2, 0.25) is 18.1 Å². The zero-order chi connectivity index (χ0) is 37.2. The Hall–Kier alpha value is -4.71. The minimum Gasteiger partial charge on any atom is -0.755 e. The molecule has 11 heteroatoms. The quantitative estimate of drug-likeness (QED) is 0.131. The number of nitrogens with one attached hydrogen (secondary N) is 1. The Morgan fingerprint density at radius 1 is 0.865 bits per heavy atom. The predicted octanol–water partition coefficient (Wildman–Crippen LogP) is 6.09. The van der Waals surface area contributed by atoms with E-state index >= 15 is 0 Å². The van der Waals surface area contributed by atoms with Crippen molar-refractivity contribution in [3.05, 3.63) is 126 Å². The van der Waals surface area contributed by atoms with Crippen molar-refractivity contribution < 1.29 is 27.8 Å². The van der Waals surface area contributed by atoms with Gasteiger partial charge in [-0.05, 0) is 66.5 Å². The number of amides is 2. The van der Waals surface area contributed by atoms with Crippen LogP contribution >= 0.6 is 0 Å². The number of benzene rings is 4. The number of likely N-dealkylation sites (N-methyl/N-ethyl adjacent to an activating group) is 1. The third-order valence-corrected chi connectivity index (χ3v) is 10.3. The summed E-state index contributed by atoms with van der Waals surface area (Å²) in [4.78, 5) is 31.8. The van der Waals surface area contributed by atoms with Crippen LogP contribution in [0.2, 0.25) is 0 Å². The van der Waals surface area contributed by atoms with E-state index in [-0.39, 0.29) is 30.5 Å². The van der Waals surface area contributed by atoms with Crippen LogP contribution in [0.4, 0.5) is 5.69 Å². The van der Waals surface area contributed by atoms with Crippen LogP contribution in [0.1, 0.15) is 50.8 Å². The first-order valence-electron chi connectivity index (χ1n) is 17.9. The fourth-order valence-corrected chi connectivity index (χ4v) is 6.91. The number of hydrogen-bond donors (Lipinski definition) is 1. The average molecular weight is 726 g/mol. The van der Waals surface area contributed by atoms with Crippen molar-refractivity contribution in [1.82, 2.24) is 15.1 Å². The summed E-state index contributed by atoms with van der Waals surface area (Å²) < 4.78 is 39.3. The summed E-state index contributed by atoms with van der Waals surface area (Å²) in [6.45, 7) is 10.8. The first-order valence-corrected chi connectivity index (χ1v) is 18.9. The monoisotopic (exact) mass is 725 g/mol. The highest BCUT2D eigenvalue weighted by Crippen LogP contribution is 2.32. The average Bonchev–Trinajstić information content (AvgIpc) is 3.61. The molecular weight excluding hydrogens is 677 g/mol. The molecule has 0 fully saturated rings. The van der Waals surface area contributed by atoms with Crippen LogP contribution in [0.15, 0.2) is 109 Å². The second kappa shape index (κ2) is 18.2. The van der Waals surface area contributed by atoms with Gasteiger partial charge in [-0.15, -0.1) is 0 Å². The highest BCUT2D eigenvalue weighted by molar-refractivity contribution is 7.80. The molecule has 4 aromatic rings. The lowest BCUT2D eigenvalue weighted by molar-refractivity contribution is -0.136. The van der Waals surface area contributed by atoms with Crippen molar-refractivity contribution in [1.29, 1.82) is 0 Å². The van der Waals surface area contributed by atoms with Crippen molar-refractivity contribution in [3.8, 4) is 0 Å². The van der Waals surface area contributed by atoms with Gasteiger partial charge in [-0.25, -0.2) is 0 Å². The maximum atomic E-state index is 14.1. The fraction of sp³-hybridized carbons (Fsp3) is 0.366. The maximum Gasteiger partial charge on any atom is 0.245 e. The zero-order valence-corrected chi connectivity index (χ0v) is 31.4. The number of ether oxygens (including phenoxy) is 2. The van der Waals surface area contributed by atoms with E-state index in [2.05, 4.69) is 36.2 Å². The summed E-state index contributed by atoms with van der Waals surface area (Å²) in [5.41, 5.74) is 3.40. The molecule has 0 spiro atoms. The van der Waals surface area contributed by atoms with Crippen LogP contribution in [-0.2, 0) is 49.7 Å². The number of nitrogens with zero attached hydrogens (tertiary/aromatic N) is 3. The normalized spacial score (nSPS) is 15.8. The summed E-state index contributed by atoms with van der Waals surface area (Å²) >= 11 is -2.82. The van der Waals surface area contributed by atoms with Gasteiger partial charge >= 0.3 is 0 Å². The topological polar surface area (TPSA) is 114 Å². The van der Waals surface area contributed by atoms with Crippen LogP contribution in [0.3, 0.4) is 0 Å². The third kappa shape index (κ3) is 9.99. The summed E-state index contributed by atoms with van der Waals surface area (Å²) in [7, 11) is 1.71. The summed E-state index contributed by atoms with van der Waals surface area (Å²) in [6.07, 6.45) is 1.04. The van der Waals surface area contributed by atoms with Gasteiger partial charge in [-0.1, -0.05) is 98.8 Å². The molecule has 5 rings (SSSR count). The SMILES string of the molecule is CCN(CC)Cc1ccc(CC(NC(=O)CC(C2=COC(Cc3ccccc3)O2)N(c2ccc3ccccc3c2)S(=O)[O-])C(=O)N(C)C(C)C)cc1. The molecule has 4 unspecified atom stereocenters. The number of hydrogen-bond acceptors (Lipinski definition) is 7. The molecule has 0 aliphatic carbocycles. The molecule has 1 N–H and O–H groups in total.